The zero-order chi connectivity index (χ0) is 86.2. The second-order valence-electron chi connectivity index (χ2n) is 23.3. The number of alkyl halides is 15. The zero-order valence-electron chi connectivity index (χ0n) is 59.8. The molecule has 0 aliphatic heterocycles. The molecule has 49 heteroatoms. The van der Waals surface area contributed by atoms with E-state index in [-0.39, 0.29) is 0 Å². The molecule has 5 heterocycles. The van der Waals surface area contributed by atoms with Crippen LogP contribution in [0.3, 0.4) is 0 Å². The lowest BCUT2D eigenvalue weighted by atomic mass is 10.1. The fraction of sp³-hybridized carbons (Fsp3) is 0.234. The van der Waals surface area contributed by atoms with Crippen LogP contribution in [0.2, 0.25) is 0 Å². The molecule has 0 aliphatic rings. The van der Waals surface area contributed by atoms with E-state index in [0.29, 0.717) is 5.69 Å². The molecule has 0 saturated heterocycles. The van der Waals surface area contributed by atoms with Gasteiger partial charge >= 0.3 is 56.0 Å². The second-order valence-corrected chi connectivity index (χ2v) is 33.2. The first kappa shape index (κ1) is 95.3. The van der Waals surface area contributed by atoms with E-state index in [1.54, 1.807) is 0 Å². The quantitative estimate of drug-likeness (QED) is 0.0179. The molecule has 0 amide bonds. The van der Waals surface area contributed by atoms with E-state index in [4.69, 9.17) is 80.0 Å². The Morgan fingerprint density at radius 1 is 0.274 bits per heavy atom. The van der Waals surface area contributed by atoms with Crippen molar-refractivity contribution in [2.75, 3.05) is 95.0 Å². The summed E-state index contributed by atoms with van der Waals surface area (Å²) in [5, 5.41) is 13.9. The Hall–Kier alpha value is -10.0. The zero-order valence-corrected chi connectivity index (χ0v) is 64.8. The van der Waals surface area contributed by atoms with Gasteiger partial charge in [0, 0.05) is 175 Å². The lowest BCUT2D eigenvalue weighted by Gasteiger charge is -2.24. The minimum Gasteiger partial charge on any atom is -0.741 e. The van der Waals surface area contributed by atoms with Crippen LogP contribution < -0.4 is 63.2 Å². The summed E-state index contributed by atoms with van der Waals surface area (Å²) in [6.07, 6.45) is 21.3. The Balaban J connectivity index is 0.000000547. The summed E-state index contributed by atoms with van der Waals surface area (Å²) in [6, 6.07) is 53.0. The van der Waals surface area contributed by atoms with E-state index in [0.717, 1.165) is 72.8 Å². The van der Waals surface area contributed by atoms with Gasteiger partial charge in [-0.1, -0.05) is 91.0 Å². The number of hydrogen-bond donors (Lipinski definition) is 0. The molecule has 0 spiro atoms. The summed E-state index contributed by atoms with van der Waals surface area (Å²) >= 11 is 0. The summed E-state index contributed by atoms with van der Waals surface area (Å²) in [5.74, 6) is 0. The lowest BCUT2D eigenvalue weighted by Crippen LogP contribution is -2.50. The molecule has 0 saturated carbocycles. The van der Waals surface area contributed by atoms with E-state index < -0.39 is 85.2 Å². The van der Waals surface area contributed by atoms with Crippen LogP contribution in [-0.4, -0.2) is 163 Å². The molecular formula is C64H65F15N13O15PS5. The number of pyridine rings is 5. The summed E-state index contributed by atoms with van der Waals surface area (Å²) in [7, 11) is -12.7. The Morgan fingerprint density at radius 3 is 0.575 bits per heavy atom. The third kappa shape index (κ3) is 26.0. The number of nitrogens with zero attached hydrogens (tertiary/aromatic N) is 13. The Labute approximate surface area is 637 Å². The van der Waals surface area contributed by atoms with E-state index in [2.05, 4.69) is 313 Å². The van der Waals surface area contributed by atoms with E-state index in [1.165, 1.54) is 0 Å². The van der Waals surface area contributed by atoms with Crippen molar-refractivity contribution in [1.29, 1.82) is 0 Å². The van der Waals surface area contributed by atoms with Crippen LogP contribution in [0.1, 0.15) is 0 Å². The van der Waals surface area contributed by atoms with E-state index >= 15 is 0 Å². The van der Waals surface area contributed by atoms with Crippen molar-refractivity contribution in [2.45, 2.75) is 27.5 Å². The molecule has 9 rings (SSSR count). The van der Waals surface area contributed by atoms with Crippen LogP contribution >= 0.6 is 7.05 Å². The molecule has 5 aromatic heterocycles. The lowest BCUT2D eigenvalue weighted by molar-refractivity contribution is -0.669. The third-order valence-corrected chi connectivity index (χ3v) is 20.7. The maximum absolute atomic E-state index is 10.7. The van der Waals surface area contributed by atoms with Gasteiger partial charge in [-0.3, -0.25) is 0 Å². The van der Waals surface area contributed by atoms with Crippen LogP contribution in [0.25, 0.3) is 28.4 Å². The first-order valence-electron chi connectivity index (χ1n) is 30.6. The highest BCUT2D eigenvalue weighted by Gasteiger charge is 2.50. The fourth-order valence-corrected chi connectivity index (χ4v) is 12.2. The van der Waals surface area contributed by atoms with Gasteiger partial charge in [-0.2, -0.15) is 88.7 Å². The minimum absolute atomic E-state index is 0.592. The maximum atomic E-state index is 10.7. The monoisotopic (exact) mass is 1730 g/mol. The minimum atomic E-state index is -6.09. The predicted octanol–water partition coefficient (Wildman–Crippen LogP) is 7.83. The van der Waals surface area contributed by atoms with Gasteiger partial charge in [0.1, 0.15) is 0 Å². The van der Waals surface area contributed by atoms with Crippen LogP contribution in [-0.2, 0) is 50.6 Å². The van der Waals surface area contributed by atoms with Gasteiger partial charge in [0.15, 0.2) is 113 Å². The average Bonchev–Trinajstić information content (AvgIpc) is 0.717. The molecule has 0 atom stereocenters. The Morgan fingerprint density at radius 2 is 0.425 bits per heavy atom. The number of aromatic nitrogens is 5. The second kappa shape index (κ2) is 37.7. The van der Waals surface area contributed by atoms with Crippen LogP contribution in [0.5, 0.6) is 0 Å². The normalized spacial score (nSPS) is 12.3. The average molecular weight is 1730 g/mol. The summed E-state index contributed by atoms with van der Waals surface area (Å²) < 4.78 is 305. The van der Waals surface area contributed by atoms with Gasteiger partial charge < -0.3 is 47.3 Å². The highest BCUT2D eigenvalue weighted by molar-refractivity contribution is 7.88. The topological polar surface area (TPSA) is 359 Å². The smallest absolute Gasteiger partial charge is 0.485 e. The van der Waals surface area contributed by atoms with Crippen LogP contribution in [0.4, 0.5) is 100.0 Å². The van der Waals surface area contributed by atoms with Gasteiger partial charge in [-0.05, 0) is 5.22 Å². The third-order valence-electron chi connectivity index (χ3n) is 14.4. The first-order chi connectivity index (χ1) is 51.6. The molecule has 0 aliphatic carbocycles. The molecule has 0 fully saturated rings. The number of hydrogen-bond acceptors (Lipinski definition) is 21. The first-order valence-corrected chi connectivity index (χ1v) is 39.4. The Kier molecular flexibility index (Phi) is 31.8. The molecule has 0 unspecified atom stereocenters. The molecule has 0 N–H and O–H groups in total. The fourth-order valence-electron chi connectivity index (χ4n) is 8.98. The number of rotatable bonds is 15. The van der Waals surface area contributed by atoms with Crippen molar-refractivity contribution in [3.63, 3.8) is 0 Å². The predicted molar refractivity (Wildman–Crippen MR) is 377 cm³/mol. The number of benzene rings is 4. The van der Waals surface area contributed by atoms with Crippen molar-refractivity contribution < 1.29 is 154 Å². The Bertz CT molecular complexity index is 4890. The molecule has 9 aromatic rings. The van der Waals surface area contributed by atoms with Gasteiger partial charge in [0.05, 0.1) is 7.05 Å². The molecule has 4 aromatic carbocycles. The van der Waals surface area contributed by atoms with Gasteiger partial charge in [0.25, 0.3) is 0 Å². The van der Waals surface area contributed by atoms with Crippen molar-refractivity contribution in [3.05, 3.63) is 214 Å². The van der Waals surface area contributed by atoms with Crippen LogP contribution in [0.15, 0.2) is 229 Å². The van der Waals surface area contributed by atoms with Crippen molar-refractivity contribution in [2.24, 2.45) is 15.2 Å². The van der Waals surface area contributed by atoms with Crippen molar-refractivity contribution in [3.8, 4) is 28.4 Å². The SMILES string of the molecule is CN(C)c1cc[n+](-c2c(N=NN=P(c3ccccc3)(c3ccccc3)c3ccccc3)c(-[n+]3ccc(N(C)C)cc3)c(-[n+]3ccc(N(C)C)cc3)c(-[n+]3ccc(N(C)C)cc3)c2-[n+]2ccc(N(C)C)cc2)cc1.O=S(=O)([O-])C(F)(F)F.O=S(=O)([O-])C(F)(F)F.O=S(=O)([O-])C(F)(F)F.O=S(=O)([O-])C(F)(F)F.O=S(=O)([O-])C(F)(F)F. The number of anilines is 5. The highest BCUT2D eigenvalue weighted by atomic mass is 32.2. The molecule has 28 nitrogen and oxygen atoms in total. The summed E-state index contributed by atoms with van der Waals surface area (Å²) in [6.45, 7) is 0. The largest absolute Gasteiger partial charge is 0.741 e. The summed E-state index contributed by atoms with van der Waals surface area (Å²) in [5.41, 5.74) is -18.2. The van der Waals surface area contributed by atoms with Crippen LogP contribution in [0, 0.1) is 0 Å². The van der Waals surface area contributed by atoms with Gasteiger partial charge in [-0.15, -0.1) is 9.97 Å². The molecular weight excluding hydrogens is 1670 g/mol. The molecule has 616 valence electrons. The van der Waals surface area contributed by atoms with Gasteiger partial charge in [0.2, 0.25) is 5.69 Å². The molecule has 0 bridgehead atoms. The van der Waals surface area contributed by atoms with Crippen molar-refractivity contribution >= 4 is 108 Å². The van der Waals surface area contributed by atoms with E-state index in [1.807, 2.05) is 18.2 Å². The summed E-state index contributed by atoms with van der Waals surface area (Å²) in [4.78, 5) is 16.1. The highest BCUT2D eigenvalue weighted by Crippen LogP contribution is 2.47. The van der Waals surface area contributed by atoms with E-state index in [9.17, 15) is 65.9 Å². The standard InChI is InChI=1S/C59H65N13P.5CHF3O3S/c1-63(2)46-26-36-68(37-27-46)55-54(60-61-62-73(51-20-14-11-15-21-51,52-22-16-12-17-23-52)53-24-18-13-19-25-53)56(69-38-28-47(29-39-69)64(3)4)58(71-42-32-49(33-43-71)66(7)8)59(72-44-34-50(35-45-72)67(9)10)57(55)70-40-30-48(31-41-70)65(5)6;5*2-1(3,4)8(5,6)7/h11-45H,1-10H3;5*(H,5,6,7)/q+5;;;;;/p-5. The van der Waals surface area contributed by atoms with Gasteiger partial charge in [-0.25, -0.2) is 42.1 Å². The number of halogens is 15. The molecule has 113 heavy (non-hydrogen) atoms. The van der Waals surface area contributed by atoms with Crippen molar-refractivity contribution in [1.82, 2.24) is 0 Å². The molecule has 0 radical (unpaired) electrons. The maximum Gasteiger partial charge on any atom is 0.485 e.